The third-order valence-electron chi connectivity index (χ3n) is 1.76. The maximum Gasteiger partial charge on any atom is 0.332 e. The SMILES string of the molecule is CC(=NNC(N)=O)C(=S)Nc1ccc(I)cc1. The van der Waals surface area contributed by atoms with E-state index in [2.05, 4.69) is 38.4 Å². The van der Waals surface area contributed by atoms with E-state index in [9.17, 15) is 4.79 Å². The molecule has 0 aromatic heterocycles. The highest BCUT2D eigenvalue weighted by Gasteiger charge is 2.02. The lowest BCUT2D eigenvalue weighted by Crippen LogP contribution is -2.28. The van der Waals surface area contributed by atoms with Gasteiger partial charge >= 0.3 is 6.03 Å². The zero-order valence-corrected chi connectivity index (χ0v) is 12.0. The normalized spacial score (nSPS) is 10.8. The van der Waals surface area contributed by atoms with Gasteiger partial charge in [0.2, 0.25) is 0 Å². The van der Waals surface area contributed by atoms with E-state index < -0.39 is 6.03 Å². The minimum Gasteiger partial charge on any atom is -0.350 e. The molecule has 0 bridgehead atoms. The molecule has 0 unspecified atom stereocenters. The Morgan fingerprint density at radius 1 is 1.41 bits per heavy atom. The summed E-state index contributed by atoms with van der Waals surface area (Å²) < 4.78 is 1.14. The van der Waals surface area contributed by atoms with Crippen LogP contribution in [-0.4, -0.2) is 16.7 Å². The largest absolute Gasteiger partial charge is 0.350 e. The number of benzene rings is 1. The van der Waals surface area contributed by atoms with Crippen LogP contribution in [0, 0.1) is 3.57 Å². The molecular weight excluding hydrogens is 351 g/mol. The Bertz CT molecular complexity index is 458. The fourth-order valence-corrected chi connectivity index (χ4v) is 1.47. The lowest BCUT2D eigenvalue weighted by molar-refractivity contribution is 0.249. The second-order valence-corrected chi connectivity index (χ2v) is 4.79. The Balaban J connectivity index is 2.63. The van der Waals surface area contributed by atoms with E-state index in [0.717, 1.165) is 9.26 Å². The molecule has 90 valence electrons. The van der Waals surface area contributed by atoms with Crippen molar-refractivity contribution in [2.24, 2.45) is 10.8 Å². The quantitative estimate of drug-likeness (QED) is 0.333. The molecule has 0 aliphatic carbocycles. The second kappa shape index (κ2) is 6.50. The van der Waals surface area contributed by atoms with E-state index >= 15 is 0 Å². The van der Waals surface area contributed by atoms with Crippen LogP contribution in [0.15, 0.2) is 29.4 Å². The van der Waals surface area contributed by atoms with Gasteiger partial charge in [-0.25, -0.2) is 10.2 Å². The van der Waals surface area contributed by atoms with Gasteiger partial charge in [-0.05, 0) is 53.8 Å². The van der Waals surface area contributed by atoms with Crippen LogP contribution in [0.1, 0.15) is 6.92 Å². The summed E-state index contributed by atoms with van der Waals surface area (Å²) in [6, 6.07) is 7.01. The summed E-state index contributed by atoms with van der Waals surface area (Å²) in [4.78, 5) is 10.9. The third-order valence-corrected chi connectivity index (χ3v) is 2.88. The van der Waals surface area contributed by atoms with Crippen molar-refractivity contribution in [3.05, 3.63) is 27.8 Å². The Kier molecular flexibility index (Phi) is 5.29. The van der Waals surface area contributed by atoms with E-state index in [1.54, 1.807) is 6.92 Å². The van der Waals surface area contributed by atoms with Crippen molar-refractivity contribution in [2.75, 3.05) is 5.32 Å². The van der Waals surface area contributed by atoms with Gasteiger partial charge in [-0.2, -0.15) is 5.10 Å². The molecule has 0 heterocycles. The molecule has 1 aromatic carbocycles. The van der Waals surface area contributed by atoms with Crippen molar-refractivity contribution >= 4 is 57.2 Å². The number of amides is 2. The van der Waals surface area contributed by atoms with E-state index in [0.29, 0.717) is 10.7 Å². The number of urea groups is 1. The van der Waals surface area contributed by atoms with E-state index in [4.69, 9.17) is 18.0 Å². The monoisotopic (exact) mass is 362 g/mol. The molecule has 0 saturated heterocycles. The fourth-order valence-electron chi connectivity index (χ4n) is 0.944. The average molecular weight is 362 g/mol. The second-order valence-electron chi connectivity index (χ2n) is 3.13. The first-order valence-corrected chi connectivity index (χ1v) is 6.14. The van der Waals surface area contributed by atoms with Gasteiger partial charge in [0.05, 0.1) is 5.71 Å². The fraction of sp³-hybridized carbons (Fsp3) is 0.100. The number of primary amides is 1. The molecular formula is C10H11IN4OS. The van der Waals surface area contributed by atoms with Gasteiger partial charge in [0.25, 0.3) is 0 Å². The van der Waals surface area contributed by atoms with Crippen molar-refractivity contribution in [1.29, 1.82) is 0 Å². The Labute approximate surface area is 118 Å². The molecule has 17 heavy (non-hydrogen) atoms. The van der Waals surface area contributed by atoms with Gasteiger partial charge in [0.15, 0.2) is 0 Å². The lowest BCUT2D eigenvalue weighted by atomic mass is 10.3. The first-order chi connectivity index (χ1) is 7.99. The van der Waals surface area contributed by atoms with Gasteiger partial charge in [-0.15, -0.1) is 0 Å². The van der Waals surface area contributed by atoms with Crippen molar-refractivity contribution < 1.29 is 4.79 Å². The number of hydrogen-bond acceptors (Lipinski definition) is 3. The summed E-state index contributed by atoms with van der Waals surface area (Å²) in [6.45, 7) is 1.68. The molecule has 7 heteroatoms. The van der Waals surface area contributed by atoms with Gasteiger partial charge in [0, 0.05) is 9.26 Å². The molecule has 0 radical (unpaired) electrons. The smallest absolute Gasteiger partial charge is 0.332 e. The molecule has 0 spiro atoms. The van der Waals surface area contributed by atoms with Crippen LogP contribution in [0.25, 0.3) is 0 Å². The zero-order chi connectivity index (χ0) is 12.8. The number of halogens is 1. The van der Waals surface area contributed by atoms with Gasteiger partial charge < -0.3 is 11.1 Å². The molecule has 2 amide bonds. The highest BCUT2D eigenvalue weighted by molar-refractivity contribution is 14.1. The van der Waals surface area contributed by atoms with Gasteiger partial charge in [-0.3, -0.25) is 0 Å². The molecule has 0 aliphatic rings. The van der Waals surface area contributed by atoms with Crippen LogP contribution < -0.4 is 16.5 Å². The van der Waals surface area contributed by atoms with Crippen molar-refractivity contribution in [1.82, 2.24) is 5.43 Å². The van der Waals surface area contributed by atoms with E-state index in [1.165, 1.54) is 0 Å². The maximum absolute atomic E-state index is 10.5. The van der Waals surface area contributed by atoms with Crippen LogP contribution in [0.4, 0.5) is 10.5 Å². The number of rotatable bonds is 3. The summed E-state index contributed by atoms with van der Waals surface area (Å²) >= 11 is 7.33. The number of hydrazone groups is 1. The minimum absolute atomic E-state index is 0.431. The lowest BCUT2D eigenvalue weighted by Gasteiger charge is -2.07. The predicted molar refractivity (Wildman–Crippen MR) is 81.2 cm³/mol. The predicted octanol–water partition coefficient (Wildman–Crippen LogP) is 2.07. The molecule has 1 rings (SSSR count). The Morgan fingerprint density at radius 2 is 2.00 bits per heavy atom. The summed E-state index contributed by atoms with van der Waals surface area (Å²) in [5.74, 6) is 0. The zero-order valence-electron chi connectivity index (χ0n) is 9.03. The van der Waals surface area contributed by atoms with Crippen LogP contribution in [0.2, 0.25) is 0 Å². The van der Waals surface area contributed by atoms with Gasteiger partial charge in [-0.1, -0.05) is 12.2 Å². The number of nitrogens with two attached hydrogens (primary N) is 1. The molecule has 0 saturated carbocycles. The molecule has 5 nitrogen and oxygen atoms in total. The molecule has 0 fully saturated rings. The van der Waals surface area contributed by atoms with E-state index in [1.807, 2.05) is 24.3 Å². The average Bonchev–Trinajstić information content (AvgIpc) is 2.28. The van der Waals surface area contributed by atoms with Crippen LogP contribution in [0.5, 0.6) is 0 Å². The topological polar surface area (TPSA) is 79.5 Å². The summed E-state index contributed by atoms with van der Waals surface area (Å²) in [5, 5.41) is 6.72. The Morgan fingerprint density at radius 3 is 2.53 bits per heavy atom. The van der Waals surface area contributed by atoms with Crippen LogP contribution >= 0.6 is 34.8 Å². The van der Waals surface area contributed by atoms with Crippen LogP contribution in [0.3, 0.4) is 0 Å². The highest BCUT2D eigenvalue weighted by atomic mass is 127. The maximum atomic E-state index is 10.5. The molecule has 4 N–H and O–H groups in total. The van der Waals surface area contributed by atoms with Gasteiger partial charge in [0.1, 0.15) is 4.99 Å². The molecule has 0 atom stereocenters. The van der Waals surface area contributed by atoms with Crippen molar-refractivity contribution in [3.8, 4) is 0 Å². The highest BCUT2D eigenvalue weighted by Crippen LogP contribution is 2.11. The van der Waals surface area contributed by atoms with Crippen molar-refractivity contribution in [2.45, 2.75) is 6.92 Å². The standard InChI is InChI=1S/C10H11IN4OS/c1-6(14-15-10(12)16)9(17)13-8-4-2-7(11)3-5-8/h2-5H,1H3,(H,13,17)(H3,12,15,16). The summed E-state index contributed by atoms with van der Waals surface area (Å²) in [7, 11) is 0. The number of hydrogen-bond donors (Lipinski definition) is 3. The number of nitrogens with zero attached hydrogens (tertiary/aromatic N) is 1. The third kappa shape index (κ3) is 5.09. The summed E-state index contributed by atoms with van der Waals surface area (Å²) in [6.07, 6.45) is 0. The first-order valence-electron chi connectivity index (χ1n) is 4.65. The number of carbonyl (C=O) groups excluding carboxylic acids is 1. The minimum atomic E-state index is -0.721. The van der Waals surface area contributed by atoms with Crippen LogP contribution in [-0.2, 0) is 0 Å². The Hall–Kier alpha value is -1.22. The number of carbonyl (C=O) groups is 1. The molecule has 1 aromatic rings. The van der Waals surface area contributed by atoms with E-state index in [-0.39, 0.29) is 0 Å². The number of thiocarbonyl (C=S) groups is 1. The first kappa shape index (κ1) is 13.8. The van der Waals surface area contributed by atoms with Crippen molar-refractivity contribution in [3.63, 3.8) is 0 Å². The summed E-state index contributed by atoms with van der Waals surface area (Å²) in [5.41, 5.74) is 8.36. The number of nitrogens with one attached hydrogen (secondary N) is 2. The molecule has 0 aliphatic heterocycles. The number of anilines is 1.